The Labute approximate surface area is 206 Å². The van der Waals surface area contributed by atoms with Crippen LogP contribution in [0.4, 0.5) is 10.1 Å². The number of carbonyl (C=O) groups is 2. The molecule has 2 heterocycles. The van der Waals surface area contributed by atoms with Crippen molar-refractivity contribution in [2.75, 3.05) is 19.5 Å². The van der Waals surface area contributed by atoms with Crippen molar-refractivity contribution < 1.29 is 23.5 Å². The van der Waals surface area contributed by atoms with Crippen LogP contribution in [0.5, 0.6) is 17.2 Å². The number of methoxy groups -OCH3 is 1. The number of allylic oxidation sites excluding steroid dienone is 1. The highest BCUT2D eigenvalue weighted by Crippen LogP contribution is 2.36. The van der Waals surface area contributed by atoms with Crippen molar-refractivity contribution in [2.24, 2.45) is 5.73 Å². The van der Waals surface area contributed by atoms with Crippen LogP contribution in [0.25, 0.3) is 16.6 Å². The molecule has 4 N–H and O–H groups in total. The highest BCUT2D eigenvalue weighted by atomic mass is 19.1. The van der Waals surface area contributed by atoms with Gasteiger partial charge in [-0.15, -0.1) is 0 Å². The van der Waals surface area contributed by atoms with E-state index < -0.39 is 17.6 Å². The number of anilines is 1. The lowest BCUT2D eigenvalue weighted by Crippen LogP contribution is -2.29. The molecule has 0 radical (unpaired) electrons. The molecule has 0 saturated heterocycles. The number of benzene rings is 2. The quantitative estimate of drug-likeness (QED) is 0.196. The predicted octanol–water partition coefficient (Wildman–Crippen LogP) is 3.86. The van der Waals surface area contributed by atoms with Crippen LogP contribution in [-0.2, 0) is 9.59 Å². The van der Waals surface area contributed by atoms with Gasteiger partial charge in [-0.25, -0.2) is 8.91 Å². The number of nitrogens with zero attached hydrogens (tertiary/aromatic N) is 2. The normalized spacial score (nSPS) is 11.6. The van der Waals surface area contributed by atoms with Gasteiger partial charge in [0.25, 0.3) is 11.8 Å². The van der Waals surface area contributed by atoms with E-state index in [2.05, 4.69) is 15.7 Å². The first kappa shape index (κ1) is 24.3. The number of fused-ring (bicyclic) bond motifs is 1. The van der Waals surface area contributed by atoms with E-state index >= 15 is 0 Å². The summed E-state index contributed by atoms with van der Waals surface area (Å²) in [7, 11) is 3.15. The molecule has 2 aromatic heterocycles. The number of primary amides is 1. The Morgan fingerprint density at radius 1 is 1.08 bits per heavy atom. The lowest BCUT2D eigenvalue weighted by Gasteiger charge is -2.13. The molecule has 0 bridgehead atoms. The summed E-state index contributed by atoms with van der Waals surface area (Å²) in [5, 5.41) is 9.49. The van der Waals surface area contributed by atoms with Crippen LogP contribution in [-0.4, -0.2) is 35.6 Å². The van der Waals surface area contributed by atoms with Gasteiger partial charge >= 0.3 is 0 Å². The van der Waals surface area contributed by atoms with Crippen molar-refractivity contribution in [3.63, 3.8) is 0 Å². The number of hydrogen-bond acceptors (Lipinski definition) is 6. The fourth-order valence-electron chi connectivity index (χ4n) is 3.69. The Hall–Kier alpha value is -4.86. The number of hydrogen-bond donors (Lipinski definition) is 3. The number of ether oxygens (including phenoxy) is 2. The van der Waals surface area contributed by atoms with E-state index in [-0.39, 0.29) is 17.0 Å². The van der Waals surface area contributed by atoms with Crippen molar-refractivity contribution in [3.05, 3.63) is 84.1 Å². The second-order valence-corrected chi connectivity index (χ2v) is 7.77. The number of nitrogens with two attached hydrogens (primary N) is 1. The largest absolute Gasteiger partial charge is 0.497 e. The Balaban J connectivity index is 1.64. The molecule has 0 aliphatic carbocycles. The van der Waals surface area contributed by atoms with E-state index in [0.29, 0.717) is 22.7 Å². The molecule has 0 saturated carbocycles. The minimum atomic E-state index is -0.902. The van der Waals surface area contributed by atoms with Crippen LogP contribution in [0.2, 0.25) is 0 Å². The zero-order valence-corrected chi connectivity index (χ0v) is 19.8. The number of halogens is 1. The molecule has 9 nitrogen and oxygen atoms in total. The molecule has 184 valence electrons. The lowest BCUT2D eigenvalue weighted by molar-refractivity contribution is -0.119. The summed E-state index contributed by atoms with van der Waals surface area (Å²) in [5.41, 5.74) is 7.82. The first-order valence-electron chi connectivity index (χ1n) is 10.9. The minimum absolute atomic E-state index is 0.0593. The van der Waals surface area contributed by atoms with Crippen LogP contribution in [0.1, 0.15) is 6.92 Å². The molecule has 0 aliphatic rings. The molecule has 0 unspecified atom stereocenters. The third kappa shape index (κ3) is 4.83. The molecule has 0 spiro atoms. The van der Waals surface area contributed by atoms with Gasteiger partial charge in [0, 0.05) is 42.3 Å². The first-order valence-corrected chi connectivity index (χ1v) is 10.9. The number of rotatable bonds is 8. The van der Waals surface area contributed by atoms with Gasteiger partial charge in [-0.2, -0.15) is 5.10 Å². The molecular formula is C26H24FN5O4. The summed E-state index contributed by atoms with van der Waals surface area (Å²) in [4.78, 5) is 24.2. The van der Waals surface area contributed by atoms with Crippen molar-refractivity contribution in [1.82, 2.24) is 14.9 Å². The molecule has 36 heavy (non-hydrogen) atoms. The van der Waals surface area contributed by atoms with Crippen molar-refractivity contribution >= 4 is 23.0 Å². The Morgan fingerprint density at radius 3 is 2.58 bits per heavy atom. The maximum atomic E-state index is 15.0. The second-order valence-electron chi connectivity index (χ2n) is 7.77. The lowest BCUT2D eigenvalue weighted by atomic mass is 10.1. The molecule has 2 amide bonds. The molecule has 4 rings (SSSR count). The summed E-state index contributed by atoms with van der Waals surface area (Å²) in [6.07, 6.45) is 3.33. The minimum Gasteiger partial charge on any atom is -0.497 e. The van der Waals surface area contributed by atoms with Gasteiger partial charge in [0.05, 0.1) is 13.3 Å². The van der Waals surface area contributed by atoms with E-state index in [1.54, 1.807) is 37.1 Å². The second kappa shape index (κ2) is 10.2. The fraction of sp³-hybridized carbons (Fsp3) is 0.115. The van der Waals surface area contributed by atoms with Crippen LogP contribution in [0.15, 0.2) is 78.3 Å². The summed E-state index contributed by atoms with van der Waals surface area (Å²) in [5.74, 6) is -1.36. The summed E-state index contributed by atoms with van der Waals surface area (Å²) in [6, 6.07) is 15.0. The maximum Gasteiger partial charge on any atom is 0.263 e. The standard InChI is InChI=1S/C26H24FN5O4/c1-15(29-2)23(25(28)33)26(34)31-17-7-8-21(20(27)14-17)36-22-9-11-30-32-12-10-19(24(22)32)16-5-4-6-18(13-16)35-3/h4-14,29H,1-3H3,(H2,28,33)(H,31,34)/b23-15+. The van der Waals surface area contributed by atoms with E-state index in [9.17, 15) is 14.0 Å². The smallest absolute Gasteiger partial charge is 0.263 e. The van der Waals surface area contributed by atoms with Gasteiger partial charge < -0.3 is 25.8 Å². The van der Waals surface area contributed by atoms with Crippen molar-refractivity contribution in [1.29, 1.82) is 0 Å². The predicted molar refractivity (Wildman–Crippen MR) is 133 cm³/mol. The first-order chi connectivity index (χ1) is 17.3. The van der Waals surface area contributed by atoms with Gasteiger partial charge in [-0.1, -0.05) is 12.1 Å². The highest BCUT2D eigenvalue weighted by Gasteiger charge is 2.20. The molecule has 0 fully saturated rings. The fourth-order valence-corrected chi connectivity index (χ4v) is 3.69. The van der Waals surface area contributed by atoms with Crippen LogP contribution >= 0.6 is 0 Å². The molecule has 0 aliphatic heterocycles. The zero-order valence-electron chi connectivity index (χ0n) is 19.8. The van der Waals surface area contributed by atoms with E-state index in [4.69, 9.17) is 15.2 Å². The van der Waals surface area contributed by atoms with Crippen molar-refractivity contribution in [3.8, 4) is 28.4 Å². The summed E-state index contributed by atoms with van der Waals surface area (Å²) < 4.78 is 27.9. The van der Waals surface area contributed by atoms with Gasteiger partial charge in [-0.3, -0.25) is 9.59 Å². The Kier molecular flexibility index (Phi) is 6.86. The van der Waals surface area contributed by atoms with Gasteiger partial charge in [-0.05, 0) is 42.8 Å². The third-order valence-electron chi connectivity index (χ3n) is 5.53. The van der Waals surface area contributed by atoms with E-state index in [0.717, 1.165) is 17.2 Å². The van der Waals surface area contributed by atoms with E-state index in [1.165, 1.54) is 19.1 Å². The maximum absolute atomic E-state index is 15.0. The average Bonchev–Trinajstić information content (AvgIpc) is 3.30. The summed E-state index contributed by atoms with van der Waals surface area (Å²) in [6.45, 7) is 1.54. The zero-order chi connectivity index (χ0) is 25.8. The van der Waals surface area contributed by atoms with Gasteiger partial charge in [0.1, 0.15) is 16.8 Å². The number of nitrogens with one attached hydrogen (secondary N) is 2. The van der Waals surface area contributed by atoms with E-state index in [1.807, 2.05) is 30.3 Å². The van der Waals surface area contributed by atoms with Crippen LogP contribution < -0.4 is 25.8 Å². The SMILES string of the molecule is CN/C(C)=C(\C(N)=O)C(=O)Nc1ccc(Oc2ccnn3ccc(-c4cccc(OC)c4)c23)c(F)c1. The molecule has 0 atom stereocenters. The van der Waals surface area contributed by atoms with Crippen molar-refractivity contribution in [2.45, 2.75) is 6.92 Å². The molecule has 10 heteroatoms. The summed E-state index contributed by atoms with van der Waals surface area (Å²) >= 11 is 0. The monoisotopic (exact) mass is 489 g/mol. The van der Waals surface area contributed by atoms with Gasteiger partial charge in [0.15, 0.2) is 17.3 Å². The number of carbonyl (C=O) groups excluding carboxylic acids is 2. The van der Waals surface area contributed by atoms with Gasteiger partial charge in [0.2, 0.25) is 0 Å². The third-order valence-corrected chi connectivity index (χ3v) is 5.53. The molecular weight excluding hydrogens is 465 g/mol. The number of aromatic nitrogens is 2. The molecule has 4 aromatic rings. The topological polar surface area (TPSA) is 120 Å². The van der Waals surface area contributed by atoms with Crippen LogP contribution in [0.3, 0.4) is 0 Å². The Morgan fingerprint density at radius 2 is 1.89 bits per heavy atom. The highest BCUT2D eigenvalue weighted by molar-refractivity contribution is 6.22. The molecule has 2 aromatic carbocycles. The Bertz CT molecular complexity index is 1490. The van der Waals surface area contributed by atoms with Crippen LogP contribution in [0, 0.1) is 5.82 Å². The number of amides is 2. The average molecular weight is 490 g/mol.